The van der Waals surface area contributed by atoms with Crippen molar-refractivity contribution in [3.05, 3.63) is 345 Å². The Morgan fingerprint density at radius 3 is 0.904 bits per heavy atom. The molecule has 0 radical (unpaired) electrons. The third kappa shape index (κ3) is 18.7. The second-order valence-corrected chi connectivity index (χ2v) is 22.2. The zero-order valence-electron chi connectivity index (χ0n) is 51.5. The van der Waals surface area contributed by atoms with E-state index in [0.29, 0.717) is 0 Å². The minimum absolute atomic E-state index is 1.27. The maximum absolute atomic E-state index is 2.26. The van der Waals surface area contributed by atoms with Gasteiger partial charge in [0.05, 0.1) is 0 Å². The standard InChI is InChI=1S/C19H16.2C15H12.2C9H12.2C8H10/c1-15-12-18(16-8-4-2-5-9-16)14-19(13-15)17-10-6-3-7-11-17;1-11-14-8-4-2-6-12(14)10-13-7-3-5-9-15(11)13;1-11-6-7-14-9-12-4-2-3-5-13(12)10-15(14)8-11;1-7-4-8(2)6-9(3)5-7;1-7-5-4-6-8(2)9(7)3;1-7-4-3-5-8(2)6-7;1-7-5-3-4-6-8(7)2/h2-14H,1H3;2*2-10H,1H3;2*4-6H,1-3H3;2*3-6H,1-2H3. The molecule has 0 fully saturated rings. The predicted octanol–water partition coefficient (Wildman–Crippen LogP) is 23.8. The first kappa shape index (κ1) is 61.5. The zero-order chi connectivity index (χ0) is 59.3. The molecule has 416 valence electrons. The van der Waals surface area contributed by atoms with Crippen molar-refractivity contribution in [2.24, 2.45) is 0 Å². The van der Waals surface area contributed by atoms with Crippen molar-refractivity contribution >= 4 is 43.1 Å². The van der Waals surface area contributed by atoms with Crippen molar-refractivity contribution < 1.29 is 0 Å². The van der Waals surface area contributed by atoms with E-state index in [1.807, 2.05) is 0 Å². The molecule has 0 spiro atoms. The van der Waals surface area contributed by atoms with E-state index in [-0.39, 0.29) is 0 Å². The van der Waals surface area contributed by atoms with E-state index in [2.05, 4.69) is 363 Å². The molecule has 83 heavy (non-hydrogen) atoms. The van der Waals surface area contributed by atoms with E-state index >= 15 is 0 Å². The highest BCUT2D eigenvalue weighted by Crippen LogP contribution is 2.30. The van der Waals surface area contributed by atoms with Gasteiger partial charge in [0.2, 0.25) is 0 Å². The Bertz CT molecular complexity index is 3940. The van der Waals surface area contributed by atoms with Crippen LogP contribution in [0.4, 0.5) is 0 Å². The first-order valence-electron chi connectivity index (χ1n) is 29.1. The van der Waals surface area contributed by atoms with Crippen LogP contribution in [0.15, 0.2) is 273 Å². The van der Waals surface area contributed by atoms with Crippen LogP contribution in [0, 0.1) is 90.0 Å². The van der Waals surface area contributed by atoms with Crippen LogP contribution >= 0.6 is 0 Å². The fraction of sp³-hybridized carbons (Fsp3) is 0.157. The molecule has 0 unspecified atom stereocenters. The number of fused-ring (bicyclic) bond motifs is 4. The molecule has 13 rings (SSSR count). The number of hydrogen-bond acceptors (Lipinski definition) is 0. The molecule has 13 aromatic carbocycles. The summed E-state index contributed by atoms with van der Waals surface area (Å²) < 4.78 is 0. The Hall–Kier alpha value is -9.10. The third-order valence-electron chi connectivity index (χ3n) is 15.0. The Labute approximate surface area is 497 Å². The maximum Gasteiger partial charge on any atom is -0.0148 e. The summed E-state index contributed by atoms with van der Waals surface area (Å²) in [7, 11) is 0. The van der Waals surface area contributed by atoms with E-state index in [9.17, 15) is 0 Å². The maximum atomic E-state index is 2.26. The SMILES string of the molecule is Cc1c2ccccc2cc2ccccc12.Cc1cc(-c2ccccc2)cc(-c2ccccc2)c1.Cc1cc(C)cc(C)c1.Cc1ccc2cc3ccccc3cc2c1.Cc1cccc(C)c1.Cc1cccc(C)c1C.Cc1ccccc1C. The highest BCUT2D eigenvalue weighted by atomic mass is 14.1. The predicted molar refractivity (Wildman–Crippen MR) is 368 cm³/mol. The summed E-state index contributed by atoms with van der Waals surface area (Å²) in [5.74, 6) is 0. The number of hydrogen-bond donors (Lipinski definition) is 0. The lowest BCUT2D eigenvalue weighted by molar-refractivity contribution is 1.27. The van der Waals surface area contributed by atoms with Gasteiger partial charge in [-0.15, -0.1) is 0 Å². The van der Waals surface area contributed by atoms with Crippen molar-refractivity contribution in [1.29, 1.82) is 0 Å². The first-order chi connectivity index (χ1) is 40.0. The lowest BCUT2D eigenvalue weighted by atomic mass is 9.97. The van der Waals surface area contributed by atoms with E-state index < -0.39 is 0 Å². The molecule has 0 heterocycles. The molecular formula is C83H84. The summed E-state index contributed by atoms with van der Waals surface area (Å²) in [5, 5.41) is 10.6. The number of aryl methyl sites for hydroxylation is 12. The molecule has 0 saturated carbocycles. The van der Waals surface area contributed by atoms with Gasteiger partial charge >= 0.3 is 0 Å². The van der Waals surface area contributed by atoms with Crippen LogP contribution < -0.4 is 0 Å². The summed E-state index contributed by atoms with van der Waals surface area (Å²) in [4.78, 5) is 0. The number of benzene rings is 13. The smallest absolute Gasteiger partial charge is 0.0148 e. The van der Waals surface area contributed by atoms with E-state index in [0.717, 1.165) is 0 Å². The van der Waals surface area contributed by atoms with Crippen LogP contribution in [0.25, 0.3) is 65.3 Å². The molecule has 0 N–H and O–H groups in total. The van der Waals surface area contributed by atoms with Gasteiger partial charge in [-0.25, -0.2) is 0 Å². The van der Waals surface area contributed by atoms with Gasteiger partial charge in [0.1, 0.15) is 0 Å². The average Bonchev–Trinajstić information content (AvgIpc) is 3.63. The highest BCUT2D eigenvalue weighted by molar-refractivity contribution is 6.02. The van der Waals surface area contributed by atoms with Gasteiger partial charge in [-0.1, -0.05) is 282 Å². The molecule has 0 bridgehead atoms. The number of rotatable bonds is 2. The van der Waals surface area contributed by atoms with Gasteiger partial charge in [0, 0.05) is 0 Å². The lowest BCUT2D eigenvalue weighted by Gasteiger charge is -2.08. The zero-order valence-corrected chi connectivity index (χ0v) is 51.5. The molecule has 0 amide bonds. The topological polar surface area (TPSA) is 0 Å². The second kappa shape index (κ2) is 30.6. The van der Waals surface area contributed by atoms with Gasteiger partial charge in [-0.3, -0.25) is 0 Å². The third-order valence-corrected chi connectivity index (χ3v) is 15.0. The molecular weight excluding hydrogens is 997 g/mol. The lowest BCUT2D eigenvalue weighted by Crippen LogP contribution is -1.84. The summed E-state index contributed by atoms with van der Waals surface area (Å²) in [6, 6.07) is 96.5. The van der Waals surface area contributed by atoms with E-state index in [1.54, 1.807) is 0 Å². The van der Waals surface area contributed by atoms with Crippen LogP contribution in [0.3, 0.4) is 0 Å². The van der Waals surface area contributed by atoms with Gasteiger partial charge in [-0.05, 0) is 219 Å². The van der Waals surface area contributed by atoms with E-state index in [4.69, 9.17) is 0 Å². The summed E-state index contributed by atoms with van der Waals surface area (Å²) >= 11 is 0. The quantitative estimate of drug-likeness (QED) is 0.151. The average molecular weight is 1080 g/mol. The Morgan fingerprint density at radius 1 is 0.157 bits per heavy atom. The van der Waals surface area contributed by atoms with Crippen molar-refractivity contribution in [3.63, 3.8) is 0 Å². The minimum atomic E-state index is 1.27. The van der Waals surface area contributed by atoms with Crippen molar-refractivity contribution in [1.82, 2.24) is 0 Å². The molecule has 0 saturated heterocycles. The van der Waals surface area contributed by atoms with E-state index in [1.165, 1.54) is 138 Å². The van der Waals surface area contributed by atoms with Crippen LogP contribution in [0.2, 0.25) is 0 Å². The van der Waals surface area contributed by atoms with Gasteiger partial charge in [0.15, 0.2) is 0 Å². The van der Waals surface area contributed by atoms with Crippen LogP contribution in [-0.4, -0.2) is 0 Å². The van der Waals surface area contributed by atoms with Gasteiger partial charge in [0.25, 0.3) is 0 Å². The Kier molecular flexibility index (Phi) is 22.7. The van der Waals surface area contributed by atoms with Crippen LogP contribution in [0.5, 0.6) is 0 Å². The Morgan fingerprint density at radius 2 is 0.482 bits per heavy atom. The fourth-order valence-corrected chi connectivity index (χ4v) is 10.2. The monoisotopic (exact) mass is 1080 g/mol. The van der Waals surface area contributed by atoms with Crippen molar-refractivity contribution in [3.8, 4) is 22.3 Å². The summed E-state index contributed by atoms with van der Waals surface area (Å²) in [6.07, 6.45) is 0. The molecule has 0 heteroatoms. The fourth-order valence-electron chi connectivity index (χ4n) is 10.2. The van der Waals surface area contributed by atoms with Gasteiger partial charge in [-0.2, -0.15) is 0 Å². The molecule has 13 aromatic rings. The summed E-state index contributed by atoms with van der Waals surface area (Å²) in [5.41, 5.74) is 22.7. The molecule has 0 aliphatic carbocycles. The second-order valence-electron chi connectivity index (χ2n) is 22.2. The van der Waals surface area contributed by atoms with Gasteiger partial charge < -0.3 is 0 Å². The van der Waals surface area contributed by atoms with Crippen molar-refractivity contribution in [2.45, 2.75) is 90.0 Å². The molecule has 0 aliphatic heterocycles. The van der Waals surface area contributed by atoms with Crippen LogP contribution in [0.1, 0.15) is 72.3 Å². The molecule has 0 atom stereocenters. The van der Waals surface area contributed by atoms with Crippen LogP contribution in [-0.2, 0) is 0 Å². The molecule has 0 nitrogen and oxygen atoms in total. The Balaban J connectivity index is 0.000000143. The van der Waals surface area contributed by atoms with Crippen molar-refractivity contribution in [2.75, 3.05) is 0 Å². The minimum Gasteiger partial charge on any atom is -0.0622 e. The first-order valence-corrected chi connectivity index (χ1v) is 29.1. The molecule has 0 aromatic heterocycles. The molecule has 0 aliphatic rings. The normalized spacial score (nSPS) is 10.2. The largest absolute Gasteiger partial charge is 0.0622 e. The summed E-state index contributed by atoms with van der Waals surface area (Å²) in [6.45, 7) is 27.7. The highest BCUT2D eigenvalue weighted by Gasteiger charge is 2.05.